The molecule has 54 heavy (non-hydrogen) atoms. The Morgan fingerprint density at radius 1 is 0.593 bits per heavy atom. The molecule has 0 saturated carbocycles. The van der Waals surface area contributed by atoms with Gasteiger partial charge in [0.05, 0.1) is 22.6 Å². The van der Waals surface area contributed by atoms with Crippen molar-refractivity contribution in [3.63, 3.8) is 0 Å². The summed E-state index contributed by atoms with van der Waals surface area (Å²) in [5, 5.41) is 24.5. The topological polar surface area (TPSA) is 152 Å². The Bertz CT molecular complexity index is 2690. The van der Waals surface area contributed by atoms with E-state index in [1.807, 2.05) is 0 Å². The summed E-state index contributed by atoms with van der Waals surface area (Å²) in [6.07, 6.45) is -1.32. The molecule has 0 saturated heterocycles. The molecule has 2 atom stereocenters. The van der Waals surface area contributed by atoms with Gasteiger partial charge in [-0.2, -0.15) is 0 Å². The molecular weight excluding hydrogens is 739 g/mol. The number of aliphatic hydroxyl groups is 2. The molecule has 0 spiro atoms. The minimum Gasteiger partial charge on any atom is -0.393 e. The van der Waals surface area contributed by atoms with E-state index in [0.29, 0.717) is 49.4 Å². The van der Waals surface area contributed by atoms with E-state index in [4.69, 9.17) is 4.74 Å². The molecular formula is C41H34F2O9S2. The van der Waals surface area contributed by atoms with Crippen molar-refractivity contribution in [1.29, 1.82) is 0 Å². The number of benzene rings is 6. The molecule has 0 radical (unpaired) electrons. The van der Waals surface area contributed by atoms with Crippen LogP contribution in [-0.2, 0) is 46.8 Å². The number of esters is 2. The van der Waals surface area contributed by atoms with E-state index in [-0.39, 0.29) is 20.9 Å². The van der Waals surface area contributed by atoms with Crippen LogP contribution in [0.25, 0.3) is 21.5 Å². The monoisotopic (exact) mass is 772 g/mol. The molecule has 6 aromatic carbocycles. The lowest BCUT2D eigenvalue weighted by Gasteiger charge is -2.19. The molecule has 0 aromatic heterocycles. The molecule has 9 nitrogen and oxygen atoms in total. The first-order valence-electron chi connectivity index (χ1n) is 16.5. The standard InChI is InChI=1S/C41H34F2O9S2/c1-23-14-32(54(3,50)51)12-13-33(23)41(47)37-18-25(16-28-5-9-30(43)22-35(28)37)20-39(45)52-38(44)19-24-15-27-4-8-29(42)21-34(27)36(17-24)40(46)26-6-10-31(11-7-26)53(2,48)49/h4-18,21-22,40-41,46-47H,19-20H2,1-3H3. The van der Waals surface area contributed by atoms with Gasteiger partial charge in [-0.3, -0.25) is 9.59 Å². The summed E-state index contributed by atoms with van der Waals surface area (Å²) < 4.78 is 81.8. The highest BCUT2D eigenvalue weighted by Crippen LogP contribution is 2.34. The number of carbonyl (C=O) groups is 2. The number of hydrogen-bond donors (Lipinski definition) is 2. The Morgan fingerprint density at radius 3 is 1.52 bits per heavy atom. The van der Waals surface area contributed by atoms with Crippen molar-refractivity contribution in [3.8, 4) is 0 Å². The summed E-state index contributed by atoms with van der Waals surface area (Å²) in [5.41, 5.74) is 2.37. The summed E-state index contributed by atoms with van der Waals surface area (Å²) in [6, 6.07) is 23.9. The van der Waals surface area contributed by atoms with Crippen LogP contribution < -0.4 is 0 Å². The highest BCUT2D eigenvalue weighted by atomic mass is 32.2. The van der Waals surface area contributed by atoms with Crippen molar-refractivity contribution < 1.29 is 50.2 Å². The van der Waals surface area contributed by atoms with Gasteiger partial charge in [-0.25, -0.2) is 25.6 Å². The molecule has 2 N–H and O–H groups in total. The quantitative estimate of drug-likeness (QED) is 0.119. The van der Waals surface area contributed by atoms with Crippen LogP contribution in [0, 0.1) is 18.6 Å². The number of sulfone groups is 2. The zero-order chi connectivity index (χ0) is 39.1. The van der Waals surface area contributed by atoms with Crippen molar-refractivity contribution in [2.24, 2.45) is 0 Å². The number of aliphatic hydroxyl groups excluding tert-OH is 2. The molecule has 0 aliphatic carbocycles. The van der Waals surface area contributed by atoms with Gasteiger partial charge in [0, 0.05) is 12.5 Å². The number of rotatable bonds is 10. The van der Waals surface area contributed by atoms with Crippen LogP contribution in [0.4, 0.5) is 8.78 Å². The van der Waals surface area contributed by atoms with E-state index in [0.717, 1.165) is 12.5 Å². The fraction of sp³-hybridized carbons (Fsp3) is 0.171. The minimum absolute atomic E-state index is 0.0526. The summed E-state index contributed by atoms with van der Waals surface area (Å²) in [5.74, 6) is -2.94. The lowest BCUT2D eigenvalue weighted by molar-refractivity contribution is -0.158. The summed E-state index contributed by atoms with van der Waals surface area (Å²) in [6.45, 7) is 1.64. The number of fused-ring (bicyclic) bond motifs is 2. The Balaban J connectivity index is 1.24. The third-order valence-electron chi connectivity index (χ3n) is 9.12. The number of halogens is 2. The van der Waals surface area contributed by atoms with Crippen LogP contribution in [-0.4, -0.2) is 51.5 Å². The summed E-state index contributed by atoms with van der Waals surface area (Å²) >= 11 is 0. The van der Waals surface area contributed by atoms with Crippen LogP contribution in [0.5, 0.6) is 0 Å². The maximum atomic E-state index is 14.4. The molecule has 0 fully saturated rings. The van der Waals surface area contributed by atoms with Crippen molar-refractivity contribution >= 4 is 53.2 Å². The average molecular weight is 773 g/mol. The Morgan fingerprint density at radius 2 is 1.06 bits per heavy atom. The molecule has 0 aliphatic heterocycles. The average Bonchev–Trinajstić information content (AvgIpc) is 3.09. The van der Waals surface area contributed by atoms with Gasteiger partial charge in [-0.05, 0) is 116 Å². The predicted molar refractivity (Wildman–Crippen MR) is 198 cm³/mol. The first kappa shape index (κ1) is 38.4. The second-order valence-electron chi connectivity index (χ2n) is 13.2. The molecule has 0 amide bonds. The van der Waals surface area contributed by atoms with Crippen molar-refractivity contribution in [2.45, 2.75) is 41.8 Å². The Kier molecular flexibility index (Phi) is 10.5. The zero-order valence-corrected chi connectivity index (χ0v) is 30.8. The maximum Gasteiger partial charge on any atom is 0.317 e. The van der Waals surface area contributed by atoms with E-state index in [1.54, 1.807) is 19.1 Å². The first-order chi connectivity index (χ1) is 25.4. The largest absolute Gasteiger partial charge is 0.393 e. The molecule has 2 unspecified atom stereocenters. The second-order valence-corrected chi connectivity index (χ2v) is 17.3. The molecule has 6 aromatic rings. The van der Waals surface area contributed by atoms with E-state index in [2.05, 4.69) is 0 Å². The van der Waals surface area contributed by atoms with Crippen LogP contribution in [0.15, 0.2) is 113 Å². The maximum absolute atomic E-state index is 14.4. The van der Waals surface area contributed by atoms with Gasteiger partial charge in [-0.1, -0.05) is 54.6 Å². The van der Waals surface area contributed by atoms with Gasteiger partial charge in [0.1, 0.15) is 23.8 Å². The Labute approximate surface area is 310 Å². The SMILES string of the molecule is Cc1cc(S(C)(=O)=O)ccc1C(O)c1cc(CC(=O)OC(=O)Cc2cc(C(O)c3ccc(S(C)(=O)=O)cc3)c3cc(F)ccc3c2)cc2ccc(F)cc12. The van der Waals surface area contributed by atoms with E-state index in [9.17, 15) is 45.4 Å². The molecule has 13 heteroatoms. The van der Waals surface area contributed by atoms with Crippen LogP contribution in [0.1, 0.15) is 51.2 Å². The van der Waals surface area contributed by atoms with Crippen molar-refractivity contribution in [3.05, 3.63) is 154 Å². The Hall–Kier alpha value is -5.34. The van der Waals surface area contributed by atoms with Gasteiger partial charge in [0.25, 0.3) is 0 Å². The second kappa shape index (κ2) is 14.8. The normalized spacial score (nSPS) is 13.2. The summed E-state index contributed by atoms with van der Waals surface area (Å²) in [4.78, 5) is 26.3. The van der Waals surface area contributed by atoms with Gasteiger partial charge in [0.15, 0.2) is 19.7 Å². The van der Waals surface area contributed by atoms with Gasteiger partial charge < -0.3 is 14.9 Å². The van der Waals surface area contributed by atoms with Crippen molar-refractivity contribution in [2.75, 3.05) is 12.5 Å². The molecule has 0 heterocycles. The predicted octanol–water partition coefficient (Wildman–Crippen LogP) is 6.41. The van der Waals surface area contributed by atoms with Gasteiger partial charge in [0.2, 0.25) is 0 Å². The summed E-state index contributed by atoms with van der Waals surface area (Å²) in [7, 11) is -7.00. The minimum atomic E-state index is -3.51. The number of aryl methyl sites for hydroxylation is 1. The number of ether oxygens (including phenoxy) is 1. The van der Waals surface area contributed by atoms with Gasteiger partial charge >= 0.3 is 11.9 Å². The lowest BCUT2D eigenvalue weighted by Crippen LogP contribution is -2.17. The zero-order valence-electron chi connectivity index (χ0n) is 29.2. The smallest absolute Gasteiger partial charge is 0.317 e. The highest BCUT2D eigenvalue weighted by Gasteiger charge is 2.22. The van der Waals surface area contributed by atoms with Crippen LogP contribution in [0.3, 0.4) is 0 Å². The van der Waals surface area contributed by atoms with Crippen molar-refractivity contribution in [1.82, 2.24) is 0 Å². The molecule has 278 valence electrons. The van der Waals surface area contributed by atoms with Crippen LogP contribution >= 0.6 is 0 Å². The number of carbonyl (C=O) groups excluding carboxylic acids is 2. The number of hydrogen-bond acceptors (Lipinski definition) is 9. The third-order valence-corrected chi connectivity index (χ3v) is 11.4. The molecule has 0 bridgehead atoms. The lowest BCUT2D eigenvalue weighted by atomic mass is 9.91. The molecule has 0 aliphatic rings. The fourth-order valence-electron chi connectivity index (χ4n) is 6.47. The van der Waals surface area contributed by atoms with Gasteiger partial charge in [-0.15, -0.1) is 0 Å². The van der Waals surface area contributed by atoms with Crippen LogP contribution in [0.2, 0.25) is 0 Å². The highest BCUT2D eigenvalue weighted by molar-refractivity contribution is 7.91. The van der Waals surface area contributed by atoms with E-state index >= 15 is 0 Å². The fourth-order valence-corrected chi connectivity index (χ4v) is 7.80. The van der Waals surface area contributed by atoms with E-state index < -0.39 is 68.3 Å². The molecule has 6 rings (SSSR count). The first-order valence-corrected chi connectivity index (χ1v) is 20.3. The third kappa shape index (κ3) is 8.39. The van der Waals surface area contributed by atoms with E-state index in [1.165, 1.54) is 91.0 Å².